The van der Waals surface area contributed by atoms with Crippen molar-refractivity contribution in [2.24, 2.45) is 11.8 Å². The molecule has 4 N–H and O–H groups in total. The lowest BCUT2D eigenvalue weighted by Crippen LogP contribution is -2.58. The maximum absolute atomic E-state index is 14.5. The number of carbonyl (C=O) groups excluding carboxylic acids is 7. The Bertz CT molecular complexity index is 1580. The number of likely N-dealkylation sites (N-methyl/N-ethyl adjacent to an activating group) is 1. The van der Waals surface area contributed by atoms with Crippen molar-refractivity contribution in [3.05, 3.63) is 35.9 Å². The Morgan fingerprint density at radius 2 is 1.48 bits per heavy atom. The largest absolute Gasteiger partial charge is 0.444 e. The molecule has 310 valence electrons. The number of carbonyl (C=O) groups is 7. The van der Waals surface area contributed by atoms with Gasteiger partial charge in [-0.2, -0.15) is 0 Å². The van der Waals surface area contributed by atoms with Gasteiger partial charge in [0.15, 0.2) is 0 Å². The third-order valence-electron chi connectivity index (χ3n) is 10.1. The van der Waals surface area contributed by atoms with Crippen LogP contribution in [0.2, 0.25) is 0 Å². The molecule has 0 aromatic heterocycles. The van der Waals surface area contributed by atoms with E-state index in [4.69, 9.17) is 9.47 Å². The van der Waals surface area contributed by atoms with Crippen LogP contribution < -0.4 is 21.3 Å². The van der Waals surface area contributed by atoms with Gasteiger partial charge in [-0.1, -0.05) is 62.4 Å². The summed E-state index contributed by atoms with van der Waals surface area (Å²) in [5.41, 5.74) is -0.826. The molecule has 2 aliphatic carbocycles. The van der Waals surface area contributed by atoms with Crippen LogP contribution in [-0.4, -0.2) is 114 Å². The first-order valence-corrected chi connectivity index (χ1v) is 19.9. The SMILES string of the molecule is CN(C)C(=O)C(NC(=O)CNC(=O)C(=O)C(CC1CC1)NC(=O)C1C[C@@H](OC(C)(C)C)CN1C(=O)[C@@H](NC(=O)OC(C)(C)C)C1CCCCC1)c1ccccc1. The molecule has 1 aliphatic heterocycles. The summed E-state index contributed by atoms with van der Waals surface area (Å²) >= 11 is 0. The van der Waals surface area contributed by atoms with Crippen LogP contribution in [0.1, 0.15) is 111 Å². The summed E-state index contributed by atoms with van der Waals surface area (Å²) in [5, 5.41) is 10.6. The number of likely N-dealkylation sites (tertiary alicyclic amines) is 1. The first-order valence-electron chi connectivity index (χ1n) is 19.9. The highest BCUT2D eigenvalue weighted by Crippen LogP contribution is 2.35. The van der Waals surface area contributed by atoms with Gasteiger partial charge in [0.05, 0.1) is 24.3 Å². The van der Waals surface area contributed by atoms with E-state index in [1.165, 1.54) is 9.80 Å². The topological polar surface area (TPSA) is 193 Å². The fraction of sp³-hybridized carbons (Fsp3) is 0.683. The summed E-state index contributed by atoms with van der Waals surface area (Å²) in [6.07, 6.45) is 5.07. The lowest BCUT2D eigenvalue weighted by molar-refractivity contribution is -0.144. The summed E-state index contributed by atoms with van der Waals surface area (Å²) in [6.45, 7) is 10.4. The van der Waals surface area contributed by atoms with Crippen molar-refractivity contribution in [3.8, 4) is 0 Å². The first-order chi connectivity index (χ1) is 26.2. The number of rotatable bonds is 15. The average molecular weight is 783 g/mol. The highest BCUT2D eigenvalue weighted by Gasteiger charge is 2.47. The van der Waals surface area contributed by atoms with Gasteiger partial charge >= 0.3 is 6.09 Å². The molecular weight excluding hydrogens is 720 g/mol. The fourth-order valence-corrected chi connectivity index (χ4v) is 7.33. The molecule has 1 heterocycles. The molecule has 1 saturated heterocycles. The Morgan fingerprint density at radius 3 is 2.05 bits per heavy atom. The van der Waals surface area contributed by atoms with Crippen molar-refractivity contribution in [2.45, 2.75) is 141 Å². The Balaban J connectivity index is 1.49. The second kappa shape index (κ2) is 19.1. The zero-order chi connectivity index (χ0) is 41.4. The standard InChI is InChI=1S/C41H62N6O9/c1-40(2,3)55-28-22-30(47(24-28)38(53)33(27-17-13-10-14-18-27)45-39(54)56-41(4,5)6)35(50)43-29(21-25-19-20-25)34(49)36(51)42-23-31(48)44-32(37(52)46(7)8)26-15-11-9-12-16-26/h9,11-12,15-16,25,27-30,32-33H,10,13-14,17-24H2,1-8H3,(H,42,51)(H,43,50)(H,44,48)(H,45,54)/t28-,29?,30?,32?,33+/m1/s1. The van der Waals surface area contributed by atoms with Gasteiger partial charge in [-0.15, -0.1) is 0 Å². The minimum atomic E-state index is -1.21. The van der Waals surface area contributed by atoms with Gasteiger partial charge in [-0.25, -0.2) is 4.79 Å². The number of ether oxygens (including phenoxy) is 2. The number of amides is 6. The minimum Gasteiger partial charge on any atom is -0.444 e. The zero-order valence-corrected chi connectivity index (χ0v) is 34.3. The van der Waals surface area contributed by atoms with Crippen LogP contribution in [0.3, 0.4) is 0 Å². The summed E-state index contributed by atoms with van der Waals surface area (Å²) < 4.78 is 11.8. The summed E-state index contributed by atoms with van der Waals surface area (Å²) in [6, 6.07) is 4.45. The first kappa shape index (κ1) is 44.2. The van der Waals surface area contributed by atoms with Crippen molar-refractivity contribution >= 4 is 41.4 Å². The van der Waals surface area contributed by atoms with Gasteiger partial charge < -0.3 is 40.5 Å². The highest BCUT2D eigenvalue weighted by molar-refractivity contribution is 6.38. The number of hydrogen-bond acceptors (Lipinski definition) is 9. The van der Waals surface area contributed by atoms with Crippen molar-refractivity contribution in [1.82, 2.24) is 31.1 Å². The molecule has 0 spiro atoms. The van der Waals surface area contributed by atoms with E-state index in [2.05, 4.69) is 21.3 Å². The second-order valence-corrected chi connectivity index (χ2v) is 17.5. The van der Waals surface area contributed by atoms with Crippen LogP contribution in [0.25, 0.3) is 0 Å². The van der Waals surface area contributed by atoms with Gasteiger partial charge in [0, 0.05) is 27.1 Å². The maximum atomic E-state index is 14.5. The molecule has 0 radical (unpaired) electrons. The van der Waals surface area contributed by atoms with Crippen LogP contribution in [-0.2, 0) is 38.2 Å². The lowest BCUT2D eigenvalue weighted by atomic mass is 9.83. The quantitative estimate of drug-likeness (QED) is 0.194. The van der Waals surface area contributed by atoms with E-state index in [-0.39, 0.29) is 37.1 Å². The normalized spacial score (nSPS) is 20.5. The van der Waals surface area contributed by atoms with Gasteiger partial charge in [-0.05, 0) is 78.2 Å². The number of hydrogen-bond donors (Lipinski definition) is 4. The molecule has 56 heavy (non-hydrogen) atoms. The molecule has 15 heteroatoms. The van der Waals surface area contributed by atoms with E-state index in [1.54, 1.807) is 65.2 Å². The predicted molar refractivity (Wildman–Crippen MR) is 208 cm³/mol. The third kappa shape index (κ3) is 13.3. The fourth-order valence-electron chi connectivity index (χ4n) is 7.33. The summed E-state index contributed by atoms with van der Waals surface area (Å²) in [7, 11) is 3.13. The highest BCUT2D eigenvalue weighted by atomic mass is 16.6. The molecule has 0 bridgehead atoms. The predicted octanol–water partition coefficient (Wildman–Crippen LogP) is 3.16. The van der Waals surface area contributed by atoms with Crippen LogP contribution in [0, 0.1) is 11.8 Å². The van der Waals surface area contributed by atoms with Gasteiger partial charge in [0.25, 0.3) is 5.91 Å². The Hall–Kier alpha value is -4.53. The smallest absolute Gasteiger partial charge is 0.408 e. The van der Waals surface area contributed by atoms with E-state index >= 15 is 0 Å². The van der Waals surface area contributed by atoms with Crippen LogP contribution in [0.15, 0.2) is 30.3 Å². The molecular formula is C41H62N6O9. The lowest BCUT2D eigenvalue weighted by Gasteiger charge is -2.35. The number of nitrogens with one attached hydrogen (secondary N) is 4. The number of ketones is 1. The van der Waals surface area contributed by atoms with Crippen molar-refractivity contribution in [2.75, 3.05) is 27.2 Å². The Labute approximate surface area is 330 Å². The molecule has 15 nitrogen and oxygen atoms in total. The summed E-state index contributed by atoms with van der Waals surface area (Å²) in [4.78, 5) is 97.2. The van der Waals surface area contributed by atoms with E-state index in [9.17, 15) is 33.6 Å². The van der Waals surface area contributed by atoms with Gasteiger partial charge in [0.2, 0.25) is 29.4 Å². The van der Waals surface area contributed by atoms with Gasteiger partial charge in [-0.3, -0.25) is 28.8 Å². The molecule has 5 atom stereocenters. The van der Waals surface area contributed by atoms with Crippen LogP contribution in [0.4, 0.5) is 4.79 Å². The van der Waals surface area contributed by atoms with Crippen LogP contribution in [0.5, 0.6) is 0 Å². The molecule has 6 amide bonds. The number of benzene rings is 1. The third-order valence-corrected chi connectivity index (χ3v) is 10.1. The molecule has 1 aromatic carbocycles. The van der Waals surface area contributed by atoms with Crippen molar-refractivity contribution < 1.29 is 43.0 Å². The van der Waals surface area contributed by atoms with Crippen molar-refractivity contribution in [3.63, 3.8) is 0 Å². The van der Waals surface area contributed by atoms with E-state index in [1.807, 2.05) is 20.8 Å². The van der Waals surface area contributed by atoms with E-state index in [0.29, 0.717) is 5.56 Å². The molecule has 4 rings (SSSR count). The average Bonchev–Trinajstić information content (AvgIpc) is 3.85. The summed E-state index contributed by atoms with van der Waals surface area (Å²) in [5.74, 6) is -4.13. The van der Waals surface area contributed by atoms with Crippen LogP contribution >= 0.6 is 0 Å². The van der Waals surface area contributed by atoms with E-state index in [0.717, 1.165) is 44.9 Å². The monoisotopic (exact) mass is 782 g/mol. The second-order valence-electron chi connectivity index (χ2n) is 17.5. The molecule has 1 aromatic rings. The Morgan fingerprint density at radius 1 is 0.839 bits per heavy atom. The molecule has 3 unspecified atom stereocenters. The maximum Gasteiger partial charge on any atom is 0.408 e. The zero-order valence-electron chi connectivity index (χ0n) is 34.3. The molecule has 3 fully saturated rings. The molecule has 2 saturated carbocycles. The minimum absolute atomic E-state index is 0.0878. The Kier molecular flexibility index (Phi) is 15.1. The number of Topliss-reactive ketones (excluding diaryl/α,β-unsaturated/α-hetero) is 1. The van der Waals surface area contributed by atoms with Gasteiger partial charge in [0.1, 0.15) is 23.7 Å². The van der Waals surface area contributed by atoms with Crippen molar-refractivity contribution in [1.29, 1.82) is 0 Å². The number of nitrogens with zero attached hydrogens (tertiary/aromatic N) is 2. The molecule has 3 aliphatic rings. The number of alkyl carbamates (subject to hydrolysis) is 1. The van der Waals surface area contributed by atoms with E-state index < -0.39 is 83.5 Å².